The van der Waals surface area contributed by atoms with Crippen molar-refractivity contribution in [2.24, 2.45) is 5.10 Å². The van der Waals surface area contributed by atoms with Gasteiger partial charge in [0.05, 0.1) is 19.9 Å². The molecule has 0 aromatic heterocycles. The largest absolute Gasteiger partial charge is 0.497 e. The van der Waals surface area contributed by atoms with Gasteiger partial charge in [0, 0.05) is 25.0 Å². The summed E-state index contributed by atoms with van der Waals surface area (Å²) in [6, 6.07) is 15.3. The lowest BCUT2D eigenvalue weighted by Crippen LogP contribution is -2.23. The molecule has 0 unspecified atom stereocenters. The molecule has 6 nitrogen and oxygen atoms in total. The Hall–Kier alpha value is -2.64. The van der Waals surface area contributed by atoms with Crippen LogP contribution in [0.2, 0.25) is 0 Å². The number of benzene rings is 2. The number of aliphatic hydroxyl groups excluding tert-OH is 1. The highest BCUT2D eigenvalue weighted by molar-refractivity contribution is 7.80. The maximum Gasteiger partial charge on any atom is 0.191 e. The Labute approximate surface area is 153 Å². The maximum absolute atomic E-state index is 8.96. The zero-order valence-electron chi connectivity index (χ0n) is 14.3. The van der Waals surface area contributed by atoms with Gasteiger partial charge >= 0.3 is 0 Å². The van der Waals surface area contributed by atoms with Gasteiger partial charge < -0.3 is 20.1 Å². The Morgan fingerprint density at radius 2 is 1.88 bits per heavy atom. The molecule has 2 aromatic carbocycles. The van der Waals surface area contributed by atoms with Gasteiger partial charge in [-0.15, -0.1) is 0 Å². The van der Waals surface area contributed by atoms with Gasteiger partial charge in [-0.05, 0) is 54.2 Å². The minimum atomic E-state index is 0.127. The monoisotopic (exact) mass is 358 g/mol. The normalized spacial score (nSPS) is 10.5. The second-order valence-corrected chi connectivity index (χ2v) is 5.70. The first-order valence-corrected chi connectivity index (χ1v) is 8.19. The van der Waals surface area contributed by atoms with Crippen molar-refractivity contribution in [1.29, 1.82) is 0 Å². The number of hydrazone groups is 1. The van der Waals surface area contributed by atoms with E-state index >= 15 is 0 Å². The number of aliphatic hydroxyl groups is 1. The molecule has 0 fully saturated rings. The van der Waals surface area contributed by atoms with Crippen molar-refractivity contribution >= 4 is 34.9 Å². The third-order valence-electron chi connectivity index (χ3n) is 3.50. The topological polar surface area (TPSA) is 69.1 Å². The molecule has 7 heteroatoms. The Balaban J connectivity index is 1.84. The number of ether oxygens (including phenoxy) is 1. The molecule has 3 N–H and O–H groups in total. The second kappa shape index (κ2) is 9.61. The van der Waals surface area contributed by atoms with Crippen LogP contribution in [-0.2, 0) is 0 Å². The second-order valence-electron chi connectivity index (χ2n) is 5.29. The highest BCUT2D eigenvalue weighted by atomic mass is 32.1. The molecule has 0 spiro atoms. The quantitative estimate of drug-likeness (QED) is 0.401. The molecular weight excluding hydrogens is 336 g/mol. The van der Waals surface area contributed by atoms with Crippen molar-refractivity contribution in [3.63, 3.8) is 0 Å². The summed E-state index contributed by atoms with van der Waals surface area (Å²) in [6.07, 6.45) is 1.69. The Kier molecular flexibility index (Phi) is 7.18. The fourth-order valence-electron chi connectivity index (χ4n) is 2.09. The van der Waals surface area contributed by atoms with E-state index in [0.29, 0.717) is 11.7 Å². The van der Waals surface area contributed by atoms with Gasteiger partial charge in [0.1, 0.15) is 5.75 Å². The Morgan fingerprint density at radius 1 is 1.20 bits per heavy atom. The molecule has 25 heavy (non-hydrogen) atoms. The number of hydrogen-bond donors (Lipinski definition) is 3. The van der Waals surface area contributed by atoms with Gasteiger partial charge in [0.2, 0.25) is 0 Å². The molecular formula is C18H22N4O2S. The summed E-state index contributed by atoms with van der Waals surface area (Å²) in [4.78, 5) is 1.98. The lowest BCUT2D eigenvalue weighted by Gasteiger charge is -2.17. The molecule has 0 aliphatic heterocycles. The summed E-state index contributed by atoms with van der Waals surface area (Å²) in [5.41, 5.74) is 5.62. The lowest BCUT2D eigenvalue weighted by molar-refractivity contribution is 0.304. The molecule has 2 rings (SSSR count). The molecule has 0 aliphatic carbocycles. The van der Waals surface area contributed by atoms with E-state index in [4.69, 9.17) is 22.1 Å². The van der Waals surface area contributed by atoms with Crippen molar-refractivity contribution in [3.05, 3.63) is 54.1 Å². The minimum Gasteiger partial charge on any atom is -0.497 e. The summed E-state index contributed by atoms with van der Waals surface area (Å²) in [5, 5.41) is 16.5. The van der Waals surface area contributed by atoms with Crippen LogP contribution in [0.25, 0.3) is 0 Å². The van der Waals surface area contributed by atoms with E-state index in [1.165, 1.54) is 0 Å². The van der Waals surface area contributed by atoms with Gasteiger partial charge in [-0.1, -0.05) is 12.1 Å². The van der Waals surface area contributed by atoms with Crippen LogP contribution >= 0.6 is 12.2 Å². The number of nitrogens with zero attached hydrogens (tertiary/aromatic N) is 2. The van der Waals surface area contributed by atoms with Crippen molar-refractivity contribution < 1.29 is 9.84 Å². The van der Waals surface area contributed by atoms with E-state index < -0.39 is 0 Å². The van der Waals surface area contributed by atoms with Gasteiger partial charge in [-0.2, -0.15) is 5.10 Å². The number of rotatable bonds is 7. The van der Waals surface area contributed by atoms with Crippen molar-refractivity contribution in [2.75, 3.05) is 37.5 Å². The molecule has 0 heterocycles. The minimum absolute atomic E-state index is 0.127. The van der Waals surface area contributed by atoms with Gasteiger partial charge in [-0.25, -0.2) is 0 Å². The maximum atomic E-state index is 8.96. The zero-order chi connectivity index (χ0) is 18.1. The van der Waals surface area contributed by atoms with Gasteiger partial charge in [0.25, 0.3) is 0 Å². The molecule has 0 radical (unpaired) electrons. The Bertz CT molecular complexity index is 702. The summed E-state index contributed by atoms with van der Waals surface area (Å²) in [5.74, 6) is 0.788. The predicted molar refractivity (Wildman–Crippen MR) is 107 cm³/mol. The first-order chi connectivity index (χ1) is 12.1. The van der Waals surface area contributed by atoms with Gasteiger partial charge in [0.15, 0.2) is 5.11 Å². The van der Waals surface area contributed by atoms with Crippen LogP contribution < -0.4 is 20.4 Å². The summed E-state index contributed by atoms with van der Waals surface area (Å²) in [7, 11) is 3.56. The third kappa shape index (κ3) is 6.06. The summed E-state index contributed by atoms with van der Waals surface area (Å²) >= 11 is 5.20. The molecule has 0 atom stereocenters. The average Bonchev–Trinajstić information content (AvgIpc) is 2.63. The molecule has 0 saturated carbocycles. The smallest absolute Gasteiger partial charge is 0.191 e. The number of hydrogen-bond acceptors (Lipinski definition) is 5. The molecule has 132 valence electrons. The first-order valence-electron chi connectivity index (χ1n) is 7.78. The van der Waals surface area contributed by atoms with E-state index in [1.54, 1.807) is 13.3 Å². The Morgan fingerprint density at radius 3 is 2.48 bits per heavy atom. The third-order valence-corrected chi connectivity index (χ3v) is 3.69. The van der Waals surface area contributed by atoms with Crippen LogP contribution in [0.3, 0.4) is 0 Å². The predicted octanol–water partition coefficient (Wildman–Crippen LogP) is 2.44. The fourth-order valence-corrected chi connectivity index (χ4v) is 2.26. The number of nitrogens with one attached hydrogen (secondary N) is 2. The SMILES string of the molecule is COc1ccc(NC(=S)N/N=C\c2ccc(N(C)CCO)cc2)cc1. The molecule has 0 amide bonds. The molecule has 0 bridgehead atoms. The van der Waals surface area contributed by atoms with E-state index in [1.807, 2.05) is 60.5 Å². The van der Waals surface area contributed by atoms with E-state index in [0.717, 1.165) is 22.7 Å². The van der Waals surface area contributed by atoms with Crippen molar-refractivity contribution in [2.45, 2.75) is 0 Å². The number of methoxy groups -OCH3 is 1. The van der Waals surface area contributed by atoms with Crippen LogP contribution in [-0.4, -0.2) is 43.7 Å². The van der Waals surface area contributed by atoms with Crippen molar-refractivity contribution in [3.8, 4) is 5.75 Å². The van der Waals surface area contributed by atoms with Crippen LogP contribution in [0.5, 0.6) is 5.75 Å². The molecule has 2 aromatic rings. The van der Waals surface area contributed by atoms with Crippen LogP contribution in [0.1, 0.15) is 5.56 Å². The number of thiocarbonyl (C=S) groups is 1. The number of anilines is 2. The summed E-state index contributed by atoms with van der Waals surface area (Å²) < 4.78 is 5.11. The molecule has 0 aliphatic rings. The van der Waals surface area contributed by atoms with Crippen LogP contribution in [0.15, 0.2) is 53.6 Å². The fraction of sp³-hybridized carbons (Fsp3) is 0.222. The zero-order valence-corrected chi connectivity index (χ0v) is 15.1. The van der Waals surface area contributed by atoms with E-state index in [9.17, 15) is 0 Å². The summed E-state index contributed by atoms with van der Waals surface area (Å²) in [6.45, 7) is 0.725. The average molecular weight is 358 g/mol. The van der Waals surface area contributed by atoms with E-state index in [2.05, 4.69) is 15.8 Å². The van der Waals surface area contributed by atoms with Crippen LogP contribution in [0, 0.1) is 0 Å². The van der Waals surface area contributed by atoms with Gasteiger partial charge in [-0.3, -0.25) is 5.43 Å². The molecule has 0 saturated heterocycles. The highest BCUT2D eigenvalue weighted by Gasteiger charge is 1.99. The van der Waals surface area contributed by atoms with Crippen molar-refractivity contribution in [1.82, 2.24) is 5.43 Å². The highest BCUT2D eigenvalue weighted by Crippen LogP contribution is 2.15. The lowest BCUT2D eigenvalue weighted by atomic mass is 10.2. The van der Waals surface area contributed by atoms with E-state index in [-0.39, 0.29) is 6.61 Å². The first kappa shape index (κ1) is 18.7. The van der Waals surface area contributed by atoms with Crippen LogP contribution in [0.4, 0.5) is 11.4 Å². The number of likely N-dealkylation sites (N-methyl/N-ethyl adjacent to an activating group) is 1. The standard InChI is InChI=1S/C18H22N4O2S/c1-22(11-12-23)16-7-3-14(4-8-16)13-19-21-18(25)20-15-5-9-17(24-2)10-6-15/h3-10,13,23H,11-12H2,1-2H3,(H2,20,21,25)/b19-13-.